The van der Waals surface area contributed by atoms with Gasteiger partial charge in [-0.15, -0.1) is 24.0 Å². The highest BCUT2D eigenvalue weighted by Gasteiger charge is 2.06. The number of hydrogen-bond acceptors (Lipinski definition) is 3. The van der Waals surface area contributed by atoms with Gasteiger partial charge in [0.05, 0.1) is 6.61 Å². The number of carbonyl (C=O) groups is 1. The molecule has 0 aliphatic heterocycles. The standard InChI is InChI=1S/C21H28N4O2.HI/c1-5-27-19-12-15(2)6-9-18(19)14-25-21(23-4)24-13-16-7-10-17(11-8-16)20(26)22-3;/h6-12H,5,13-14H2,1-4H3,(H,22,26)(H2,23,24,25);1H. The van der Waals surface area contributed by atoms with Crippen LogP contribution in [0.3, 0.4) is 0 Å². The van der Waals surface area contributed by atoms with E-state index in [2.05, 4.69) is 40.0 Å². The zero-order valence-electron chi connectivity index (χ0n) is 16.8. The first-order valence-electron chi connectivity index (χ1n) is 9.05. The lowest BCUT2D eigenvalue weighted by Crippen LogP contribution is -2.36. The number of aliphatic imine (C=N–C) groups is 1. The Hall–Kier alpha value is -2.29. The smallest absolute Gasteiger partial charge is 0.251 e. The number of nitrogens with one attached hydrogen (secondary N) is 3. The molecule has 0 saturated carbocycles. The highest BCUT2D eigenvalue weighted by molar-refractivity contribution is 14.0. The molecule has 0 saturated heterocycles. The number of halogens is 1. The van der Waals surface area contributed by atoms with E-state index in [4.69, 9.17) is 4.74 Å². The van der Waals surface area contributed by atoms with Crippen LogP contribution in [0.1, 0.15) is 34.0 Å². The quantitative estimate of drug-likeness (QED) is 0.313. The molecule has 0 spiro atoms. The maximum Gasteiger partial charge on any atom is 0.251 e. The van der Waals surface area contributed by atoms with Crippen LogP contribution in [0.5, 0.6) is 5.75 Å². The summed E-state index contributed by atoms with van der Waals surface area (Å²) in [5.41, 5.74) is 3.97. The van der Waals surface area contributed by atoms with Crippen LogP contribution in [0, 0.1) is 6.92 Å². The summed E-state index contributed by atoms with van der Waals surface area (Å²) in [6, 6.07) is 13.7. The molecule has 6 nitrogen and oxygen atoms in total. The van der Waals surface area contributed by atoms with Crippen molar-refractivity contribution < 1.29 is 9.53 Å². The summed E-state index contributed by atoms with van der Waals surface area (Å²) < 4.78 is 5.72. The Bertz CT molecular complexity index is 791. The van der Waals surface area contributed by atoms with E-state index in [1.54, 1.807) is 14.1 Å². The second kappa shape index (κ2) is 12.2. The van der Waals surface area contributed by atoms with Crippen LogP contribution < -0.4 is 20.7 Å². The zero-order valence-corrected chi connectivity index (χ0v) is 19.2. The summed E-state index contributed by atoms with van der Waals surface area (Å²) in [5.74, 6) is 1.51. The van der Waals surface area contributed by atoms with Crippen LogP contribution in [0.4, 0.5) is 0 Å². The maximum absolute atomic E-state index is 11.6. The van der Waals surface area contributed by atoms with E-state index in [9.17, 15) is 4.79 Å². The lowest BCUT2D eigenvalue weighted by atomic mass is 10.1. The number of nitrogens with zero attached hydrogens (tertiary/aromatic N) is 1. The molecule has 2 aromatic rings. The molecule has 28 heavy (non-hydrogen) atoms. The Balaban J connectivity index is 0.00000392. The number of ether oxygens (including phenoxy) is 1. The minimum Gasteiger partial charge on any atom is -0.494 e. The first-order valence-corrected chi connectivity index (χ1v) is 9.05. The Morgan fingerprint density at radius 2 is 1.75 bits per heavy atom. The van der Waals surface area contributed by atoms with Gasteiger partial charge in [-0.05, 0) is 43.2 Å². The lowest BCUT2D eigenvalue weighted by molar-refractivity contribution is 0.0963. The number of hydrogen-bond donors (Lipinski definition) is 3. The molecule has 0 radical (unpaired) electrons. The third kappa shape index (κ3) is 7.03. The van der Waals surface area contributed by atoms with Crippen molar-refractivity contribution >= 4 is 35.8 Å². The van der Waals surface area contributed by atoms with Crippen LogP contribution in [0.2, 0.25) is 0 Å². The maximum atomic E-state index is 11.6. The van der Waals surface area contributed by atoms with Gasteiger partial charge in [0.1, 0.15) is 5.75 Å². The van der Waals surface area contributed by atoms with Crippen molar-refractivity contribution in [2.45, 2.75) is 26.9 Å². The Morgan fingerprint density at radius 1 is 1.07 bits per heavy atom. The minimum atomic E-state index is -0.0878. The van der Waals surface area contributed by atoms with Crippen molar-refractivity contribution in [3.63, 3.8) is 0 Å². The van der Waals surface area contributed by atoms with Gasteiger partial charge < -0.3 is 20.7 Å². The fourth-order valence-corrected chi connectivity index (χ4v) is 2.60. The van der Waals surface area contributed by atoms with E-state index in [1.165, 1.54) is 5.56 Å². The highest BCUT2D eigenvalue weighted by atomic mass is 127. The number of amides is 1. The average molecular weight is 496 g/mol. The van der Waals surface area contributed by atoms with Gasteiger partial charge in [0.2, 0.25) is 0 Å². The van der Waals surface area contributed by atoms with Crippen LogP contribution in [0.25, 0.3) is 0 Å². The van der Waals surface area contributed by atoms with Crippen molar-refractivity contribution in [1.29, 1.82) is 0 Å². The van der Waals surface area contributed by atoms with E-state index in [1.807, 2.05) is 37.3 Å². The van der Waals surface area contributed by atoms with E-state index in [-0.39, 0.29) is 29.9 Å². The van der Waals surface area contributed by atoms with E-state index >= 15 is 0 Å². The Labute approximate surface area is 184 Å². The first-order chi connectivity index (χ1) is 13.1. The number of rotatable bonds is 7. The average Bonchev–Trinajstić information content (AvgIpc) is 2.69. The summed E-state index contributed by atoms with van der Waals surface area (Å²) in [5, 5.41) is 9.20. The summed E-state index contributed by atoms with van der Waals surface area (Å²) in [6.45, 7) is 5.89. The molecule has 0 fully saturated rings. The summed E-state index contributed by atoms with van der Waals surface area (Å²) >= 11 is 0. The van der Waals surface area contributed by atoms with Crippen molar-refractivity contribution in [2.75, 3.05) is 20.7 Å². The van der Waals surface area contributed by atoms with Gasteiger partial charge in [0, 0.05) is 38.3 Å². The second-order valence-corrected chi connectivity index (χ2v) is 6.10. The topological polar surface area (TPSA) is 74.8 Å². The van der Waals surface area contributed by atoms with Crippen molar-refractivity contribution in [3.8, 4) is 5.75 Å². The normalized spacial score (nSPS) is 10.6. The molecule has 0 aromatic heterocycles. The molecule has 152 valence electrons. The predicted molar refractivity (Wildman–Crippen MR) is 125 cm³/mol. The molecule has 1 amide bonds. The molecule has 0 bridgehead atoms. The molecule has 2 rings (SSSR count). The molecule has 0 heterocycles. The Morgan fingerprint density at radius 3 is 2.36 bits per heavy atom. The molecular formula is C21H29IN4O2. The fourth-order valence-electron chi connectivity index (χ4n) is 2.60. The monoisotopic (exact) mass is 496 g/mol. The molecular weight excluding hydrogens is 467 g/mol. The van der Waals surface area contributed by atoms with Crippen molar-refractivity contribution in [3.05, 3.63) is 64.7 Å². The number of aryl methyl sites for hydroxylation is 1. The van der Waals surface area contributed by atoms with Gasteiger partial charge in [-0.1, -0.05) is 24.3 Å². The fraction of sp³-hybridized carbons (Fsp3) is 0.333. The van der Waals surface area contributed by atoms with Crippen molar-refractivity contribution in [2.24, 2.45) is 4.99 Å². The van der Waals surface area contributed by atoms with Gasteiger partial charge in [-0.3, -0.25) is 9.79 Å². The third-order valence-corrected chi connectivity index (χ3v) is 4.10. The van der Waals surface area contributed by atoms with Gasteiger partial charge >= 0.3 is 0 Å². The van der Waals surface area contributed by atoms with Gasteiger partial charge in [0.15, 0.2) is 5.96 Å². The molecule has 7 heteroatoms. The molecule has 2 aromatic carbocycles. The summed E-state index contributed by atoms with van der Waals surface area (Å²) in [4.78, 5) is 15.8. The molecule has 0 unspecified atom stereocenters. The van der Waals surface area contributed by atoms with Crippen LogP contribution in [-0.4, -0.2) is 32.6 Å². The summed E-state index contributed by atoms with van der Waals surface area (Å²) in [6.07, 6.45) is 0. The number of benzene rings is 2. The van der Waals surface area contributed by atoms with Crippen LogP contribution in [0.15, 0.2) is 47.5 Å². The predicted octanol–water partition coefficient (Wildman–Crippen LogP) is 3.24. The minimum absolute atomic E-state index is 0. The third-order valence-electron chi connectivity index (χ3n) is 4.10. The van der Waals surface area contributed by atoms with Gasteiger partial charge in [-0.25, -0.2) is 0 Å². The molecule has 0 atom stereocenters. The van der Waals surface area contributed by atoms with Gasteiger partial charge in [-0.2, -0.15) is 0 Å². The molecule has 0 aliphatic rings. The summed E-state index contributed by atoms with van der Waals surface area (Å²) in [7, 11) is 3.36. The Kier molecular flexibility index (Phi) is 10.4. The van der Waals surface area contributed by atoms with Crippen LogP contribution >= 0.6 is 24.0 Å². The van der Waals surface area contributed by atoms with Crippen LogP contribution in [-0.2, 0) is 13.1 Å². The zero-order chi connectivity index (χ0) is 19.6. The SMILES string of the molecule is CCOc1cc(C)ccc1CNC(=NC)NCc1ccc(C(=O)NC)cc1.I. The first kappa shape index (κ1) is 23.7. The van der Waals surface area contributed by atoms with E-state index < -0.39 is 0 Å². The lowest BCUT2D eigenvalue weighted by Gasteiger charge is -2.15. The largest absolute Gasteiger partial charge is 0.494 e. The molecule has 0 aliphatic carbocycles. The number of guanidine groups is 1. The second-order valence-electron chi connectivity index (χ2n) is 6.10. The van der Waals surface area contributed by atoms with Gasteiger partial charge in [0.25, 0.3) is 5.91 Å². The molecule has 3 N–H and O–H groups in total. The van der Waals surface area contributed by atoms with E-state index in [0.29, 0.717) is 31.2 Å². The van der Waals surface area contributed by atoms with Crippen molar-refractivity contribution in [1.82, 2.24) is 16.0 Å². The van der Waals surface area contributed by atoms with E-state index in [0.717, 1.165) is 16.9 Å². The highest BCUT2D eigenvalue weighted by Crippen LogP contribution is 2.20. The number of carbonyl (C=O) groups excluding carboxylic acids is 1.